The molecule has 0 aliphatic rings. The Morgan fingerprint density at radius 3 is 2.69 bits per heavy atom. The summed E-state index contributed by atoms with van der Waals surface area (Å²) in [6.45, 7) is 5.39. The monoisotopic (exact) mass is 369 g/mol. The van der Waals surface area contributed by atoms with Crippen LogP contribution >= 0.6 is 11.3 Å². The summed E-state index contributed by atoms with van der Waals surface area (Å²) in [6, 6.07) is 9.94. The van der Waals surface area contributed by atoms with Crippen LogP contribution in [0.5, 0.6) is 0 Å². The van der Waals surface area contributed by atoms with Gasteiger partial charge in [0.2, 0.25) is 5.89 Å². The predicted molar refractivity (Wildman–Crippen MR) is 105 cm³/mol. The van der Waals surface area contributed by atoms with Crippen LogP contribution < -0.4 is 10.6 Å². The van der Waals surface area contributed by atoms with Gasteiger partial charge in [-0.05, 0) is 13.8 Å². The molecule has 3 rings (SSSR count). The van der Waals surface area contributed by atoms with E-state index < -0.39 is 0 Å². The Bertz CT molecular complexity index is 850. The van der Waals surface area contributed by atoms with Gasteiger partial charge >= 0.3 is 0 Å². The average molecular weight is 369 g/mol. The summed E-state index contributed by atoms with van der Waals surface area (Å²) in [4.78, 5) is 14.4. The fourth-order valence-corrected chi connectivity index (χ4v) is 3.38. The van der Waals surface area contributed by atoms with E-state index in [0.717, 1.165) is 41.0 Å². The normalized spacial score (nSPS) is 11.6. The smallest absolute Gasteiger partial charge is 0.214 e. The topological polar surface area (TPSA) is 75.3 Å². The van der Waals surface area contributed by atoms with Crippen molar-refractivity contribution in [3.63, 3.8) is 0 Å². The first-order chi connectivity index (χ1) is 12.7. The predicted octanol–water partition coefficient (Wildman–Crippen LogP) is 3.32. The lowest BCUT2D eigenvalue weighted by Gasteiger charge is -2.09. The van der Waals surface area contributed by atoms with Gasteiger partial charge in [-0.3, -0.25) is 4.99 Å². The minimum Gasteiger partial charge on any atom is -0.439 e. The number of benzene rings is 1. The summed E-state index contributed by atoms with van der Waals surface area (Å²) in [5.74, 6) is 2.10. The highest BCUT2D eigenvalue weighted by molar-refractivity contribution is 7.11. The summed E-state index contributed by atoms with van der Waals surface area (Å²) in [7, 11) is 1.75. The Kier molecular flexibility index (Phi) is 6.01. The number of nitrogens with one attached hydrogen (secondary N) is 2. The Hall–Kier alpha value is -2.67. The van der Waals surface area contributed by atoms with Crippen LogP contribution in [0.4, 0.5) is 0 Å². The number of thiazole rings is 1. The zero-order chi connectivity index (χ0) is 18.4. The van der Waals surface area contributed by atoms with Crippen molar-refractivity contribution in [1.29, 1.82) is 0 Å². The minimum atomic E-state index is 0.474. The second-order valence-electron chi connectivity index (χ2n) is 5.84. The van der Waals surface area contributed by atoms with E-state index in [1.807, 2.05) is 37.3 Å². The number of oxazole rings is 1. The third kappa shape index (κ3) is 4.70. The van der Waals surface area contributed by atoms with Gasteiger partial charge in [0.05, 0.1) is 23.4 Å². The Morgan fingerprint density at radius 1 is 1.19 bits per heavy atom. The fraction of sp³-hybridized carbons (Fsp3) is 0.316. The van der Waals surface area contributed by atoms with E-state index in [4.69, 9.17) is 4.42 Å². The van der Waals surface area contributed by atoms with Crippen molar-refractivity contribution in [2.75, 3.05) is 13.6 Å². The zero-order valence-corrected chi connectivity index (χ0v) is 16.1. The van der Waals surface area contributed by atoms with Gasteiger partial charge in [-0.1, -0.05) is 30.3 Å². The number of aromatic nitrogens is 2. The van der Waals surface area contributed by atoms with Crippen LogP contribution in [0.3, 0.4) is 0 Å². The van der Waals surface area contributed by atoms with Gasteiger partial charge in [0.1, 0.15) is 0 Å². The molecular weight excluding hydrogens is 346 g/mol. The van der Waals surface area contributed by atoms with E-state index >= 15 is 0 Å². The summed E-state index contributed by atoms with van der Waals surface area (Å²) >= 11 is 1.75. The Labute approximate surface area is 157 Å². The molecule has 136 valence electrons. The number of rotatable bonds is 6. The molecule has 2 aromatic heterocycles. The molecule has 0 radical (unpaired) electrons. The van der Waals surface area contributed by atoms with E-state index in [0.29, 0.717) is 12.4 Å². The molecule has 1 aromatic carbocycles. The molecule has 2 N–H and O–H groups in total. The number of hydrogen-bond donors (Lipinski definition) is 2. The molecular formula is C19H23N5OS. The van der Waals surface area contributed by atoms with Crippen LogP contribution in [0, 0.1) is 13.8 Å². The lowest BCUT2D eigenvalue weighted by molar-refractivity contribution is 0.497. The number of aryl methyl sites for hydroxylation is 2. The first-order valence-corrected chi connectivity index (χ1v) is 9.35. The maximum absolute atomic E-state index is 5.79. The summed E-state index contributed by atoms with van der Waals surface area (Å²) < 4.78 is 5.79. The number of guanidine groups is 1. The summed E-state index contributed by atoms with van der Waals surface area (Å²) in [5, 5.41) is 7.65. The van der Waals surface area contributed by atoms with Crippen molar-refractivity contribution >= 4 is 17.3 Å². The van der Waals surface area contributed by atoms with E-state index in [-0.39, 0.29) is 0 Å². The maximum atomic E-state index is 5.79. The zero-order valence-electron chi connectivity index (χ0n) is 15.2. The van der Waals surface area contributed by atoms with Crippen LogP contribution in [-0.4, -0.2) is 29.5 Å². The van der Waals surface area contributed by atoms with Gasteiger partial charge in [0.25, 0.3) is 0 Å². The summed E-state index contributed by atoms with van der Waals surface area (Å²) in [6.07, 6.45) is 2.62. The highest BCUT2D eigenvalue weighted by Crippen LogP contribution is 2.19. The third-order valence-corrected chi connectivity index (χ3v) is 5.08. The number of nitrogens with zero attached hydrogens (tertiary/aromatic N) is 3. The Morgan fingerprint density at radius 2 is 2.00 bits per heavy atom. The van der Waals surface area contributed by atoms with Gasteiger partial charge in [-0.15, -0.1) is 11.3 Å². The first-order valence-electron chi connectivity index (χ1n) is 8.53. The standard InChI is InChI=1S/C19H23N5OS/c1-13-14(2)26-18(24-13)9-10-21-19(20-3)23-12-17-22-11-16(25-17)15-7-5-4-6-8-15/h4-8,11H,9-10,12H2,1-3H3,(H2,20,21,23). The van der Waals surface area contributed by atoms with Gasteiger partial charge in [0.15, 0.2) is 11.7 Å². The minimum absolute atomic E-state index is 0.474. The first kappa shape index (κ1) is 18.1. The van der Waals surface area contributed by atoms with Crippen molar-refractivity contribution in [3.05, 3.63) is 58.0 Å². The molecule has 6 nitrogen and oxygen atoms in total. The molecule has 0 bridgehead atoms. The fourth-order valence-electron chi connectivity index (χ4n) is 2.44. The molecule has 0 atom stereocenters. The molecule has 0 fully saturated rings. The number of aliphatic imine (C=N–C) groups is 1. The lowest BCUT2D eigenvalue weighted by atomic mass is 10.2. The molecule has 0 saturated heterocycles. The Balaban J connectivity index is 1.47. The van der Waals surface area contributed by atoms with E-state index in [2.05, 4.69) is 32.5 Å². The van der Waals surface area contributed by atoms with Crippen LogP contribution in [0.2, 0.25) is 0 Å². The molecule has 7 heteroatoms. The quantitative estimate of drug-likeness (QED) is 0.515. The van der Waals surface area contributed by atoms with Gasteiger partial charge in [0, 0.05) is 30.5 Å². The number of hydrogen-bond acceptors (Lipinski definition) is 5. The van der Waals surface area contributed by atoms with Crippen molar-refractivity contribution in [3.8, 4) is 11.3 Å². The highest BCUT2D eigenvalue weighted by Gasteiger charge is 2.07. The van der Waals surface area contributed by atoms with Crippen molar-refractivity contribution in [2.24, 2.45) is 4.99 Å². The molecule has 0 saturated carbocycles. The summed E-state index contributed by atoms with van der Waals surface area (Å²) in [5.41, 5.74) is 2.13. The van der Waals surface area contributed by atoms with Crippen molar-refractivity contribution < 1.29 is 4.42 Å². The van der Waals surface area contributed by atoms with Crippen LogP contribution in [0.15, 0.2) is 45.9 Å². The molecule has 0 aliphatic carbocycles. The van der Waals surface area contributed by atoms with Gasteiger partial charge < -0.3 is 15.1 Å². The SMILES string of the molecule is CN=C(NCCc1nc(C)c(C)s1)NCc1ncc(-c2ccccc2)o1. The van der Waals surface area contributed by atoms with Crippen LogP contribution in [0.1, 0.15) is 21.5 Å². The largest absolute Gasteiger partial charge is 0.439 e. The molecule has 2 heterocycles. The van der Waals surface area contributed by atoms with E-state index in [1.165, 1.54) is 4.88 Å². The van der Waals surface area contributed by atoms with E-state index in [1.54, 1.807) is 24.6 Å². The second kappa shape index (κ2) is 8.62. The maximum Gasteiger partial charge on any atom is 0.214 e. The lowest BCUT2D eigenvalue weighted by Crippen LogP contribution is -2.37. The van der Waals surface area contributed by atoms with Gasteiger partial charge in [-0.2, -0.15) is 0 Å². The highest BCUT2D eigenvalue weighted by atomic mass is 32.1. The van der Waals surface area contributed by atoms with Crippen LogP contribution in [-0.2, 0) is 13.0 Å². The molecule has 0 unspecified atom stereocenters. The van der Waals surface area contributed by atoms with Crippen molar-refractivity contribution in [1.82, 2.24) is 20.6 Å². The average Bonchev–Trinajstić information content (AvgIpc) is 3.25. The third-order valence-electron chi connectivity index (χ3n) is 3.95. The molecule has 26 heavy (non-hydrogen) atoms. The molecule has 3 aromatic rings. The molecule has 0 amide bonds. The molecule has 0 spiro atoms. The van der Waals surface area contributed by atoms with Crippen molar-refractivity contribution in [2.45, 2.75) is 26.8 Å². The van der Waals surface area contributed by atoms with Gasteiger partial charge in [-0.25, -0.2) is 9.97 Å². The van der Waals surface area contributed by atoms with Crippen LogP contribution in [0.25, 0.3) is 11.3 Å². The second-order valence-corrected chi connectivity index (χ2v) is 7.12. The molecule has 0 aliphatic heterocycles. The van der Waals surface area contributed by atoms with E-state index in [9.17, 15) is 0 Å².